The van der Waals surface area contributed by atoms with E-state index in [4.69, 9.17) is 9.52 Å². The van der Waals surface area contributed by atoms with Gasteiger partial charge in [0.1, 0.15) is 5.76 Å². The van der Waals surface area contributed by atoms with Crippen molar-refractivity contribution in [2.45, 2.75) is 39.7 Å². The van der Waals surface area contributed by atoms with Crippen molar-refractivity contribution in [2.75, 3.05) is 0 Å². The normalized spacial score (nSPS) is 12.7. The van der Waals surface area contributed by atoms with Gasteiger partial charge >= 0.3 is 5.97 Å². The molecule has 0 unspecified atom stereocenters. The average molecular weight is 337 g/mol. The molecule has 6 nitrogen and oxygen atoms in total. The number of carboxylic acids is 1. The molecule has 0 spiro atoms. The fourth-order valence-corrected chi connectivity index (χ4v) is 3.39. The van der Waals surface area contributed by atoms with Crippen LogP contribution in [0.25, 0.3) is 11.3 Å². The van der Waals surface area contributed by atoms with Crippen molar-refractivity contribution < 1.29 is 14.3 Å². The Morgan fingerprint density at radius 2 is 2.20 bits per heavy atom. The summed E-state index contributed by atoms with van der Waals surface area (Å²) in [5.41, 5.74) is 5.63. The van der Waals surface area contributed by atoms with Gasteiger partial charge in [0.25, 0.3) is 0 Å². The predicted octanol–water partition coefficient (Wildman–Crippen LogP) is 3.25. The third kappa shape index (κ3) is 2.63. The second-order valence-electron chi connectivity index (χ2n) is 6.37. The van der Waals surface area contributed by atoms with E-state index in [9.17, 15) is 9.90 Å². The molecule has 0 atom stereocenters. The summed E-state index contributed by atoms with van der Waals surface area (Å²) in [5.74, 6) is -0.289. The zero-order valence-corrected chi connectivity index (χ0v) is 14.2. The first-order chi connectivity index (χ1) is 12.1. The number of carboxylic acid groups (broad SMARTS) is 1. The van der Waals surface area contributed by atoms with Crippen LogP contribution in [0.5, 0.6) is 0 Å². The van der Waals surface area contributed by atoms with Crippen LogP contribution < -0.4 is 0 Å². The van der Waals surface area contributed by atoms with Gasteiger partial charge in [0.05, 0.1) is 12.2 Å². The lowest BCUT2D eigenvalue weighted by molar-refractivity contribution is 0.0659. The lowest BCUT2D eigenvalue weighted by Gasteiger charge is -2.09. The van der Waals surface area contributed by atoms with Crippen LogP contribution in [0.1, 0.15) is 45.6 Å². The fourth-order valence-electron chi connectivity index (χ4n) is 3.39. The Balaban J connectivity index is 1.68. The molecular formula is C19H19N3O3. The second-order valence-corrected chi connectivity index (χ2v) is 6.37. The lowest BCUT2D eigenvalue weighted by Crippen LogP contribution is -2.02. The zero-order valence-electron chi connectivity index (χ0n) is 14.2. The summed E-state index contributed by atoms with van der Waals surface area (Å²) in [6.45, 7) is 4.51. The van der Waals surface area contributed by atoms with Crippen molar-refractivity contribution in [3.05, 3.63) is 58.4 Å². The molecule has 3 aromatic rings. The third-order valence-electron chi connectivity index (χ3n) is 4.70. The van der Waals surface area contributed by atoms with Crippen molar-refractivity contribution in [1.82, 2.24) is 14.8 Å². The van der Waals surface area contributed by atoms with Crippen LogP contribution in [0.3, 0.4) is 0 Å². The van der Waals surface area contributed by atoms with E-state index in [1.54, 1.807) is 6.92 Å². The summed E-state index contributed by atoms with van der Waals surface area (Å²) in [7, 11) is 0. The molecule has 6 heteroatoms. The first-order valence-electron chi connectivity index (χ1n) is 8.43. The Morgan fingerprint density at radius 1 is 1.36 bits per heavy atom. The van der Waals surface area contributed by atoms with Gasteiger partial charge in [-0.3, -0.25) is 9.67 Å². The monoisotopic (exact) mass is 337 g/mol. The number of aromatic carboxylic acids is 1. The fraction of sp³-hybridized carbons (Fsp3) is 0.316. The highest BCUT2D eigenvalue weighted by Crippen LogP contribution is 2.38. The molecular weight excluding hydrogens is 318 g/mol. The summed E-state index contributed by atoms with van der Waals surface area (Å²) in [6.07, 6.45) is 6.36. The quantitative estimate of drug-likeness (QED) is 0.790. The van der Waals surface area contributed by atoms with E-state index >= 15 is 0 Å². The van der Waals surface area contributed by atoms with Gasteiger partial charge in [0.15, 0.2) is 0 Å². The molecule has 1 aliphatic rings. The molecule has 3 heterocycles. The number of nitrogens with zero attached hydrogens (tertiary/aromatic N) is 3. The van der Waals surface area contributed by atoms with E-state index in [2.05, 4.69) is 18.0 Å². The van der Waals surface area contributed by atoms with Crippen LogP contribution in [-0.4, -0.2) is 25.8 Å². The van der Waals surface area contributed by atoms with Crippen molar-refractivity contribution in [3.8, 4) is 11.3 Å². The molecule has 4 rings (SSSR count). The maximum absolute atomic E-state index is 11.3. The highest BCUT2D eigenvalue weighted by Gasteiger charge is 2.29. The molecule has 3 aromatic heterocycles. The lowest BCUT2D eigenvalue weighted by atomic mass is 9.94. The Hall–Kier alpha value is -2.89. The Kier molecular flexibility index (Phi) is 3.67. The SMILES string of the molecule is CCc1ccc(Cn2cc3c(n2)-c2c(oc(C(=O)O)c2C)CC3)cn1. The van der Waals surface area contributed by atoms with Gasteiger partial charge in [-0.1, -0.05) is 13.0 Å². The first kappa shape index (κ1) is 15.6. The number of fused-ring (bicyclic) bond motifs is 3. The minimum atomic E-state index is -1.03. The molecule has 128 valence electrons. The molecule has 0 saturated heterocycles. The molecule has 1 N–H and O–H groups in total. The van der Waals surface area contributed by atoms with Crippen molar-refractivity contribution in [1.29, 1.82) is 0 Å². The molecule has 0 aliphatic heterocycles. The van der Waals surface area contributed by atoms with Crippen molar-refractivity contribution in [2.24, 2.45) is 0 Å². The van der Waals surface area contributed by atoms with E-state index < -0.39 is 5.97 Å². The largest absolute Gasteiger partial charge is 0.475 e. The van der Waals surface area contributed by atoms with Crippen LogP contribution in [0.4, 0.5) is 0 Å². The highest BCUT2D eigenvalue weighted by molar-refractivity contribution is 5.90. The van der Waals surface area contributed by atoms with Crippen LogP contribution in [0.15, 0.2) is 28.9 Å². The summed E-state index contributed by atoms with van der Waals surface area (Å²) < 4.78 is 7.45. The number of hydrogen-bond donors (Lipinski definition) is 1. The van der Waals surface area contributed by atoms with Crippen molar-refractivity contribution >= 4 is 5.97 Å². The number of aromatic nitrogens is 3. The van der Waals surface area contributed by atoms with E-state index in [0.29, 0.717) is 18.5 Å². The average Bonchev–Trinajstić information content (AvgIpc) is 3.16. The molecule has 0 saturated carbocycles. The van der Waals surface area contributed by atoms with Crippen LogP contribution in [0.2, 0.25) is 0 Å². The van der Waals surface area contributed by atoms with E-state index in [1.165, 1.54) is 0 Å². The molecule has 0 amide bonds. The number of rotatable bonds is 4. The first-order valence-corrected chi connectivity index (χ1v) is 8.43. The number of pyridine rings is 1. The Labute approximate surface area is 145 Å². The third-order valence-corrected chi connectivity index (χ3v) is 4.70. The van der Waals surface area contributed by atoms with Gasteiger partial charge in [0.2, 0.25) is 5.76 Å². The minimum Gasteiger partial charge on any atom is -0.475 e. The molecule has 1 aliphatic carbocycles. The molecule has 0 fully saturated rings. The van der Waals surface area contributed by atoms with Gasteiger partial charge in [-0.2, -0.15) is 5.10 Å². The summed E-state index contributed by atoms with van der Waals surface area (Å²) in [4.78, 5) is 15.8. The molecule has 0 radical (unpaired) electrons. The van der Waals surface area contributed by atoms with Crippen molar-refractivity contribution in [3.63, 3.8) is 0 Å². The van der Waals surface area contributed by atoms with E-state index in [0.717, 1.165) is 46.7 Å². The number of furan rings is 1. The van der Waals surface area contributed by atoms with Crippen LogP contribution in [-0.2, 0) is 25.8 Å². The van der Waals surface area contributed by atoms with Crippen LogP contribution >= 0.6 is 0 Å². The van der Waals surface area contributed by atoms with Gasteiger partial charge in [-0.25, -0.2) is 4.79 Å². The Morgan fingerprint density at radius 3 is 2.88 bits per heavy atom. The number of carbonyl (C=O) groups is 1. The van der Waals surface area contributed by atoms with Gasteiger partial charge in [0, 0.05) is 35.6 Å². The summed E-state index contributed by atoms with van der Waals surface area (Å²) in [5, 5.41) is 14.0. The van der Waals surface area contributed by atoms with Gasteiger partial charge in [-0.05, 0) is 37.0 Å². The number of aryl methyl sites for hydroxylation is 3. The second kappa shape index (κ2) is 5.88. The van der Waals surface area contributed by atoms with E-state index in [-0.39, 0.29) is 5.76 Å². The minimum absolute atomic E-state index is 0.0201. The summed E-state index contributed by atoms with van der Waals surface area (Å²) >= 11 is 0. The van der Waals surface area contributed by atoms with E-state index in [1.807, 2.05) is 23.1 Å². The highest BCUT2D eigenvalue weighted by atomic mass is 16.4. The predicted molar refractivity (Wildman–Crippen MR) is 91.8 cm³/mol. The van der Waals surface area contributed by atoms with Gasteiger partial charge in [-0.15, -0.1) is 0 Å². The number of hydrogen-bond acceptors (Lipinski definition) is 4. The topological polar surface area (TPSA) is 81.2 Å². The molecule has 0 bridgehead atoms. The summed E-state index contributed by atoms with van der Waals surface area (Å²) in [6, 6.07) is 4.11. The zero-order chi connectivity index (χ0) is 17.6. The van der Waals surface area contributed by atoms with Crippen LogP contribution in [0, 0.1) is 6.92 Å². The smallest absolute Gasteiger partial charge is 0.372 e. The molecule has 0 aromatic carbocycles. The molecule has 25 heavy (non-hydrogen) atoms. The Bertz CT molecular complexity index is 951. The maximum atomic E-state index is 11.3. The standard InChI is InChI=1S/C19H19N3O3/c1-3-14-6-4-12(8-20-14)9-22-10-13-5-7-15-16(17(13)21-22)11(2)18(25-15)19(23)24/h4,6,8,10H,3,5,7,9H2,1-2H3,(H,23,24). The maximum Gasteiger partial charge on any atom is 0.372 e. The van der Waals surface area contributed by atoms with Gasteiger partial charge < -0.3 is 9.52 Å².